The first-order chi connectivity index (χ1) is 12.0. The van der Waals surface area contributed by atoms with Crippen LogP contribution in [0.5, 0.6) is 17.2 Å². The molecule has 0 aliphatic carbocycles. The molecule has 0 saturated carbocycles. The first kappa shape index (κ1) is 18.4. The Hall–Kier alpha value is -2.90. The van der Waals surface area contributed by atoms with Gasteiger partial charge in [0.2, 0.25) is 5.75 Å². The van der Waals surface area contributed by atoms with Crippen LogP contribution >= 0.6 is 0 Å². The second-order valence-electron chi connectivity index (χ2n) is 5.52. The molecule has 0 unspecified atom stereocenters. The zero-order valence-corrected chi connectivity index (χ0v) is 15.1. The molecule has 0 bridgehead atoms. The van der Waals surface area contributed by atoms with E-state index in [1.807, 2.05) is 19.1 Å². The molecule has 1 heterocycles. The van der Waals surface area contributed by atoms with E-state index >= 15 is 0 Å². The number of nitrogens with one attached hydrogen (secondary N) is 2. The lowest BCUT2D eigenvalue weighted by atomic mass is 10.1. The second-order valence-corrected chi connectivity index (χ2v) is 5.52. The average Bonchev–Trinajstić information content (AvgIpc) is 3.12. The largest absolute Gasteiger partial charge is 0.493 e. The minimum atomic E-state index is -0.250. The van der Waals surface area contributed by atoms with E-state index in [0.717, 1.165) is 11.4 Å². The number of hydrogen-bond acceptors (Lipinski definition) is 5. The van der Waals surface area contributed by atoms with Crippen LogP contribution in [0, 0.1) is 0 Å². The van der Waals surface area contributed by atoms with Crippen LogP contribution in [0.3, 0.4) is 0 Å². The Morgan fingerprint density at radius 1 is 1.24 bits per heavy atom. The minimum Gasteiger partial charge on any atom is -0.493 e. The number of benzene rings is 1. The van der Waals surface area contributed by atoms with Gasteiger partial charge in [-0.1, -0.05) is 0 Å². The van der Waals surface area contributed by atoms with Crippen molar-refractivity contribution in [3.05, 3.63) is 35.9 Å². The molecule has 0 spiro atoms. The van der Waals surface area contributed by atoms with Gasteiger partial charge in [0.15, 0.2) is 11.5 Å². The zero-order valence-electron chi connectivity index (χ0n) is 15.1. The van der Waals surface area contributed by atoms with Crippen molar-refractivity contribution in [2.75, 3.05) is 28.4 Å². The number of carbonyl (C=O) groups excluding carboxylic acids is 1. The number of carbonyl (C=O) groups is 1. The number of ether oxygens (including phenoxy) is 3. The fraction of sp³-hybridized carbons (Fsp3) is 0.412. The fourth-order valence-corrected chi connectivity index (χ4v) is 2.41. The lowest BCUT2D eigenvalue weighted by molar-refractivity contribution is 0.202. The Morgan fingerprint density at radius 2 is 1.88 bits per heavy atom. The van der Waals surface area contributed by atoms with Gasteiger partial charge in [-0.25, -0.2) is 9.78 Å². The van der Waals surface area contributed by atoms with Crippen LogP contribution in [0.2, 0.25) is 0 Å². The normalized spacial score (nSPS) is 11.6. The molecule has 1 aromatic heterocycles. The highest BCUT2D eigenvalue weighted by molar-refractivity contribution is 5.74. The number of methoxy groups -OCH3 is 3. The SMILES string of the molecule is COc1cc([C@H](C)NC(=O)N(C)Cc2ncc[nH]2)cc(OC)c1OC. The van der Waals surface area contributed by atoms with E-state index in [1.165, 1.54) is 0 Å². The molecule has 0 aliphatic heterocycles. The average molecular weight is 348 g/mol. The number of nitrogens with zero attached hydrogens (tertiary/aromatic N) is 2. The van der Waals surface area contributed by atoms with Crippen LogP contribution in [0.4, 0.5) is 4.79 Å². The highest BCUT2D eigenvalue weighted by Gasteiger charge is 2.19. The van der Waals surface area contributed by atoms with Crippen LogP contribution in [0.15, 0.2) is 24.5 Å². The summed E-state index contributed by atoms with van der Waals surface area (Å²) in [6.45, 7) is 2.28. The summed E-state index contributed by atoms with van der Waals surface area (Å²) in [5.74, 6) is 2.32. The van der Waals surface area contributed by atoms with E-state index in [4.69, 9.17) is 14.2 Å². The Balaban J connectivity index is 2.11. The van der Waals surface area contributed by atoms with E-state index in [-0.39, 0.29) is 12.1 Å². The Bertz CT molecular complexity index is 678. The summed E-state index contributed by atoms with van der Waals surface area (Å²) in [6, 6.07) is 3.18. The number of aromatic amines is 1. The zero-order chi connectivity index (χ0) is 18.4. The monoisotopic (exact) mass is 348 g/mol. The van der Waals surface area contributed by atoms with Crippen molar-refractivity contribution >= 4 is 6.03 Å². The van der Waals surface area contributed by atoms with Gasteiger partial charge >= 0.3 is 6.03 Å². The number of imidazole rings is 1. The summed E-state index contributed by atoms with van der Waals surface area (Å²) in [4.78, 5) is 21.0. The summed E-state index contributed by atoms with van der Waals surface area (Å²) in [5, 5.41) is 2.94. The molecule has 1 aromatic carbocycles. The van der Waals surface area contributed by atoms with Crippen molar-refractivity contribution < 1.29 is 19.0 Å². The smallest absolute Gasteiger partial charge is 0.318 e. The molecule has 2 amide bonds. The highest BCUT2D eigenvalue weighted by atomic mass is 16.5. The Labute approximate surface area is 147 Å². The summed E-state index contributed by atoms with van der Waals surface area (Å²) < 4.78 is 16.0. The van der Waals surface area contributed by atoms with Gasteiger partial charge in [0.05, 0.1) is 33.9 Å². The molecule has 0 fully saturated rings. The number of hydrogen-bond donors (Lipinski definition) is 2. The first-order valence-electron chi connectivity index (χ1n) is 7.80. The topological polar surface area (TPSA) is 88.7 Å². The van der Waals surface area contributed by atoms with Gasteiger partial charge in [0.25, 0.3) is 0 Å². The van der Waals surface area contributed by atoms with E-state index in [2.05, 4.69) is 15.3 Å². The van der Waals surface area contributed by atoms with Gasteiger partial charge in [-0.15, -0.1) is 0 Å². The van der Waals surface area contributed by atoms with Crippen LogP contribution in [0.1, 0.15) is 24.4 Å². The molecule has 2 aromatic rings. The summed E-state index contributed by atoms with van der Waals surface area (Å²) >= 11 is 0. The molecule has 1 atom stereocenters. The van der Waals surface area contributed by atoms with Gasteiger partial charge in [0, 0.05) is 19.4 Å². The van der Waals surface area contributed by atoms with Gasteiger partial charge in [-0.2, -0.15) is 0 Å². The molecule has 8 heteroatoms. The van der Waals surface area contributed by atoms with Crippen molar-refractivity contribution in [2.24, 2.45) is 0 Å². The maximum atomic E-state index is 12.4. The number of aromatic nitrogens is 2. The highest BCUT2D eigenvalue weighted by Crippen LogP contribution is 2.39. The van der Waals surface area contributed by atoms with E-state index < -0.39 is 0 Å². The predicted octanol–water partition coefficient (Wildman–Crippen LogP) is 2.34. The third-order valence-corrected chi connectivity index (χ3v) is 3.82. The molecule has 136 valence electrons. The van der Waals surface area contributed by atoms with Gasteiger partial charge in [-0.3, -0.25) is 0 Å². The lowest BCUT2D eigenvalue weighted by Gasteiger charge is -2.22. The lowest BCUT2D eigenvalue weighted by Crippen LogP contribution is -2.38. The van der Waals surface area contributed by atoms with Crippen LogP contribution < -0.4 is 19.5 Å². The number of rotatable bonds is 7. The van der Waals surface area contributed by atoms with Gasteiger partial charge in [-0.05, 0) is 24.6 Å². The minimum absolute atomic E-state index is 0.211. The van der Waals surface area contributed by atoms with E-state index in [1.54, 1.807) is 45.7 Å². The molecular formula is C17H24N4O4. The molecule has 2 N–H and O–H groups in total. The third-order valence-electron chi connectivity index (χ3n) is 3.82. The molecular weight excluding hydrogens is 324 g/mol. The first-order valence-corrected chi connectivity index (χ1v) is 7.80. The summed E-state index contributed by atoms with van der Waals surface area (Å²) in [5.41, 5.74) is 0.842. The third kappa shape index (κ3) is 4.34. The summed E-state index contributed by atoms with van der Waals surface area (Å²) in [7, 11) is 6.37. The quantitative estimate of drug-likeness (QED) is 0.802. The van der Waals surface area contributed by atoms with E-state index in [0.29, 0.717) is 23.8 Å². The van der Waals surface area contributed by atoms with Gasteiger partial charge < -0.3 is 29.4 Å². The standard InChI is InChI=1S/C17H24N4O4/c1-11(20-17(22)21(2)10-15-18-6-7-19-15)12-8-13(23-3)16(25-5)14(9-12)24-4/h6-9,11H,10H2,1-5H3,(H,18,19)(H,20,22)/t11-/m0/s1. The predicted molar refractivity (Wildman–Crippen MR) is 93.1 cm³/mol. The summed E-state index contributed by atoms with van der Waals surface area (Å²) in [6.07, 6.45) is 3.37. The second kappa shape index (κ2) is 8.27. The van der Waals surface area contributed by atoms with Gasteiger partial charge in [0.1, 0.15) is 5.82 Å². The van der Waals surface area contributed by atoms with Crippen LogP contribution in [-0.2, 0) is 6.54 Å². The molecule has 25 heavy (non-hydrogen) atoms. The van der Waals surface area contributed by atoms with Crippen molar-refractivity contribution in [2.45, 2.75) is 19.5 Å². The number of H-pyrrole nitrogens is 1. The van der Waals surface area contributed by atoms with Crippen molar-refractivity contribution in [3.63, 3.8) is 0 Å². The molecule has 0 radical (unpaired) electrons. The number of urea groups is 1. The van der Waals surface area contributed by atoms with Crippen LogP contribution in [0.25, 0.3) is 0 Å². The van der Waals surface area contributed by atoms with Crippen LogP contribution in [-0.4, -0.2) is 49.3 Å². The molecule has 0 aliphatic rings. The Kier molecular flexibility index (Phi) is 6.10. The Morgan fingerprint density at radius 3 is 2.36 bits per heavy atom. The van der Waals surface area contributed by atoms with Crippen molar-refractivity contribution in [3.8, 4) is 17.2 Å². The molecule has 0 saturated heterocycles. The number of amides is 2. The maximum Gasteiger partial charge on any atom is 0.318 e. The van der Waals surface area contributed by atoms with Crippen molar-refractivity contribution in [1.29, 1.82) is 0 Å². The molecule has 8 nitrogen and oxygen atoms in total. The maximum absolute atomic E-state index is 12.4. The van der Waals surface area contributed by atoms with E-state index in [9.17, 15) is 4.79 Å². The van der Waals surface area contributed by atoms with Crippen molar-refractivity contribution in [1.82, 2.24) is 20.2 Å². The molecule has 2 rings (SSSR count). The fourth-order valence-electron chi connectivity index (χ4n) is 2.41.